The molecular weight excluding hydrogens is 183 g/mol. The second-order valence-electron chi connectivity index (χ2n) is 3.50. The van der Waals surface area contributed by atoms with E-state index in [4.69, 9.17) is 5.11 Å². The lowest BCUT2D eigenvalue weighted by Gasteiger charge is -2.12. The molecule has 1 aromatic rings. The van der Waals surface area contributed by atoms with Gasteiger partial charge in [0.2, 0.25) is 0 Å². The summed E-state index contributed by atoms with van der Waals surface area (Å²) in [6.45, 7) is 1.90. The summed E-state index contributed by atoms with van der Waals surface area (Å²) in [6.07, 6.45) is 1.04. The molecule has 0 aromatic heterocycles. The lowest BCUT2D eigenvalue weighted by atomic mass is 10.2. The van der Waals surface area contributed by atoms with Crippen molar-refractivity contribution in [1.82, 2.24) is 5.32 Å². The van der Waals surface area contributed by atoms with Crippen LogP contribution in [0, 0.1) is 5.82 Å². The van der Waals surface area contributed by atoms with E-state index in [1.807, 2.05) is 0 Å². The molecule has 1 heterocycles. The van der Waals surface area contributed by atoms with Crippen molar-refractivity contribution in [3.8, 4) is 5.75 Å². The molecule has 2 rings (SSSR count). The van der Waals surface area contributed by atoms with Gasteiger partial charge in [0.1, 0.15) is 0 Å². The number of aromatic hydroxyl groups is 1. The van der Waals surface area contributed by atoms with E-state index in [-0.39, 0.29) is 5.75 Å². The van der Waals surface area contributed by atoms with Crippen molar-refractivity contribution in [3.63, 3.8) is 0 Å². The Labute approximate surface area is 81.9 Å². The van der Waals surface area contributed by atoms with Gasteiger partial charge in [0, 0.05) is 24.3 Å². The first-order valence-electron chi connectivity index (χ1n) is 4.71. The van der Waals surface area contributed by atoms with Crippen molar-refractivity contribution in [1.29, 1.82) is 0 Å². The van der Waals surface area contributed by atoms with Crippen LogP contribution in [0.2, 0.25) is 0 Å². The van der Waals surface area contributed by atoms with Crippen molar-refractivity contribution < 1.29 is 9.50 Å². The molecule has 0 amide bonds. The minimum Gasteiger partial charge on any atom is -0.505 e. The van der Waals surface area contributed by atoms with Crippen molar-refractivity contribution in [3.05, 3.63) is 24.0 Å². The Hall–Kier alpha value is -1.29. The van der Waals surface area contributed by atoms with Gasteiger partial charge in [0.15, 0.2) is 11.6 Å². The maximum atomic E-state index is 12.9. The lowest BCUT2D eigenvalue weighted by Crippen LogP contribution is -2.22. The Kier molecular flexibility index (Phi) is 2.54. The molecule has 4 heteroatoms. The van der Waals surface area contributed by atoms with Crippen LogP contribution in [0.5, 0.6) is 5.75 Å². The number of hydrogen-bond acceptors (Lipinski definition) is 3. The van der Waals surface area contributed by atoms with Crippen molar-refractivity contribution in [2.75, 3.05) is 18.4 Å². The Morgan fingerprint density at radius 3 is 3.00 bits per heavy atom. The highest BCUT2D eigenvalue weighted by atomic mass is 19.1. The fourth-order valence-corrected chi connectivity index (χ4v) is 1.61. The molecule has 0 aliphatic carbocycles. The number of phenolic OH excluding ortho intramolecular Hbond substituents is 1. The average Bonchev–Trinajstić information content (AvgIpc) is 2.64. The fraction of sp³-hybridized carbons (Fsp3) is 0.400. The molecule has 0 saturated carbocycles. The number of phenols is 1. The van der Waals surface area contributed by atoms with Gasteiger partial charge in [-0.15, -0.1) is 0 Å². The van der Waals surface area contributed by atoms with Gasteiger partial charge in [-0.05, 0) is 25.1 Å². The van der Waals surface area contributed by atoms with Crippen LogP contribution in [-0.4, -0.2) is 24.2 Å². The van der Waals surface area contributed by atoms with E-state index in [0.717, 1.165) is 19.5 Å². The van der Waals surface area contributed by atoms with Crippen LogP contribution < -0.4 is 10.6 Å². The fourth-order valence-electron chi connectivity index (χ4n) is 1.61. The normalized spacial score (nSPS) is 21.1. The van der Waals surface area contributed by atoms with Crippen LogP contribution in [0.3, 0.4) is 0 Å². The second-order valence-corrected chi connectivity index (χ2v) is 3.50. The van der Waals surface area contributed by atoms with Gasteiger partial charge in [0.05, 0.1) is 0 Å². The molecule has 1 aromatic carbocycles. The van der Waals surface area contributed by atoms with Crippen molar-refractivity contribution in [2.24, 2.45) is 0 Å². The summed E-state index contributed by atoms with van der Waals surface area (Å²) in [5, 5.41) is 15.4. The maximum absolute atomic E-state index is 12.9. The predicted molar refractivity (Wildman–Crippen MR) is 53.0 cm³/mol. The summed E-state index contributed by atoms with van der Waals surface area (Å²) >= 11 is 0. The smallest absolute Gasteiger partial charge is 0.166 e. The van der Waals surface area contributed by atoms with Crippen molar-refractivity contribution in [2.45, 2.75) is 12.5 Å². The lowest BCUT2D eigenvalue weighted by molar-refractivity contribution is 0.432. The minimum atomic E-state index is -0.582. The molecule has 1 aliphatic heterocycles. The Bertz CT molecular complexity index is 324. The number of halogens is 1. The highest BCUT2D eigenvalue weighted by molar-refractivity contribution is 5.47. The Morgan fingerprint density at radius 2 is 2.36 bits per heavy atom. The van der Waals surface area contributed by atoms with Crippen LogP contribution in [0.25, 0.3) is 0 Å². The number of hydrogen-bond donors (Lipinski definition) is 3. The molecule has 1 aliphatic rings. The molecule has 0 radical (unpaired) electrons. The Balaban J connectivity index is 2.05. The molecule has 1 unspecified atom stereocenters. The molecule has 0 spiro atoms. The van der Waals surface area contributed by atoms with E-state index < -0.39 is 5.82 Å². The summed E-state index contributed by atoms with van der Waals surface area (Å²) in [6, 6.07) is 4.71. The highest BCUT2D eigenvalue weighted by Gasteiger charge is 2.14. The predicted octanol–water partition coefficient (Wildman–Crippen LogP) is 1.31. The van der Waals surface area contributed by atoms with Gasteiger partial charge in [-0.3, -0.25) is 0 Å². The third-order valence-electron chi connectivity index (χ3n) is 2.38. The van der Waals surface area contributed by atoms with E-state index >= 15 is 0 Å². The standard InChI is InChI=1S/C10H13FN2O/c11-9-5-7(1-2-10(9)14)13-8-3-4-12-6-8/h1-2,5,8,12-14H,3-4,6H2. The summed E-state index contributed by atoms with van der Waals surface area (Å²) in [5.74, 6) is -0.888. The monoisotopic (exact) mass is 196 g/mol. The van der Waals surface area contributed by atoms with Crippen LogP contribution in [0.15, 0.2) is 18.2 Å². The van der Waals surface area contributed by atoms with Crippen molar-refractivity contribution >= 4 is 5.69 Å². The summed E-state index contributed by atoms with van der Waals surface area (Å²) < 4.78 is 12.9. The third-order valence-corrected chi connectivity index (χ3v) is 2.38. The quantitative estimate of drug-likeness (QED) is 0.625. The third kappa shape index (κ3) is 1.96. The van der Waals surface area contributed by atoms with Gasteiger partial charge in [0.25, 0.3) is 0 Å². The summed E-state index contributed by atoms with van der Waals surface area (Å²) in [7, 11) is 0. The van der Waals surface area contributed by atoms with Crippen LogP contribution in [0.4, 0.5) is 10.1 Å². The SMILES string of the molecule is Oc1ccc(NC2CCNC2)cc1F. The number of rotatable bonds is 2. The maximum Gasteiger partial charge on any atom is 0.166 e. The van der Waals surface area contributed by atoms with E-state index in [0.29, 0.717) is 11.7 Å². The molecule has 14 heavy (non-hydrogen) atoms. The molecule has 3 nitrogen and oxygen atoms in total. The van der Waals surface area contributed by atoms with Gasteiger partial charge in [-0.25, -0.2) is 4.39 Å². The van der Waals surface area contributed by atoms with Gasteiger partial charge in [-0.2, -0.15) is 0 Å². The molecule has 0 bridgehead atoms. The second kappa shape index (κ2) is 3.84. The number of benzene rings is 1. The van der Waals surface area contributed by atoms with Gasteiger partial charge in [-0.1, -0.05) is 0 Å². The molecule has 1 atom stereocenters. The van der Waals surface area contributed by atoms with E-state index in [9.17, 15) is 4.39 Å². The minimum absolute atomic E-state index is 0.305. The first kappa shape index (κ1) is 9.27. The van der Waals surface area contributed by atoms with Gasteiger partial charge >= 0.3 is 0 Å². The van der Waals surface area contributed by atoms with E-state index in [2.05, 4.69) is 10.6 Å². The molecule has 1 fully saturated rings. The topological polar surface area (TPSA) is 44.3 Å². The molecule has 3 N–H and O–H groups in total. The van der Waals surface area contributed by atoms with Crippen LogP contribution in [0.1, 0.15) is 6.42 Å². The average molecular weight is 196 g/mol. The van der Waals surface area contributed by atoms with E-state index in [1.165, 1.54) is 12.1 Å². The molecule has 76 valence electrons. The van der Waals surface area contributed by atoms with Crippen LogP contribution >= 0.6 is 0 Å². The Morgan fingerprint density at radius 1 is 1.50 bits per heavy atom. The number of anilines is 1. The first-order chi connectivity index (χ1) is 6.75. The highest BCUT2D eigenvalue weighted by Crippen LogP contribution is 2.20. The van der Waals surface area contributed by atoms with Gasteiger partial charge < -0.3 is 15.7 Å². The summed E-state index contributed by atoms with van der Waals surface area (Å²) in [5.41, 5.74) is 0.717. The molecular formula is C10H13FN2O. The number of nitrogens with one attached hydrogen (secondary N) is 2. The zero-order valence-electron chi connectivity index (χ0n) is 7.76. The molecule has 1 saturated heterocycles. The largest absolute Gasteiger partial charge is 0.505 e. The first-order valence-corrected chi connectivity index (χ1v) is 4.71. The summed E-state index contributed by atoms with van der Waals surface area (Å²) in [4.78, 5) is 0. The zero-order valence-corrected chi connectivity index (χ0v) is 7.76. The van der Waals surface area contributed by atoms with Crippen LogP contribution in [-0.2, 0) is 0 Å². The zero-order chi connectivity index (χ0) is 9.97. The van der Waals surface area contributed by atoms with E-state index in [1.54, 1.807) is 6.07 Å².